The van der Waals surface area contributed by atoms with Gasteiger partial charge in [0.15, 0.2) is 0 Å². The number of hydrogen-bond donors (Lipinski definition) is 2. The van der Waals surface area contributed by atoms with E-state index in [9.17, 15) is 4.79 Å². The van der Waals surface area contributed by atoms with Gasteiger partial charge in [0.05, 0.1) is 13.2 Å². The lowest BCUT2D eigenvalue weighted by Crippen LogP contribution is -3.12. The first-order chi connectivity index (χ1) is 11.7. The van der Waals surface area contributed by atoms with Gasteiger partial charge in [-0.3, -0.25) is 4.79 Å². The van der Waals surface area contributed by atoms with Gasteiger partial charge in [-0.15, -0.1) is 0 Å². The number of halogens is 1. The van der Waals surface area contributed by atoms with Crippen molar-refractivity contribution in [3.63, 3.8) is 0 Å². The third-order valence-electron chi connectivity index (χ3n) is 4.24. The smallest absolute Gasteiger partial charge is 0.251 e. The van der Waals surface area contributed by atoms with Crippen LogP contribution in [0, 0.1) is 0 Å². The van der Waals surface area contributed by atoms with Crippen molar-refractivity contribution in [2.75, 3.05) is 26.3 Å². The van der Waals surface area contributed by atoms with Gasteiger partial charge in [-0.05, 0) is 29.8 Å². The highest BCUT2D eigenvalue weighted by molar-refractivity contribution is 6.30. The van der Waals surface area contributed by atoms with Crippen molar-refractivity contribution in [3.05, 3.63) is 70.2 Å². The summed E-state index contributed by atoms with van der Waals surface area (Å²) in [4.78, 5) is 13.8. The first-order valence-corrected chi connectivity index (χ1v) is 8.61. The van der Waals surface area contributed by atoms with Crippen LogP contribution in [-0.4, -0.2) is 32.2 Å². The molecule has 24 heavy (non-hydrogen) atoms. The molecule has 1 fully saturated rings. The monoisotopic (exact) mass is 345 g/mol. The van der Waals surface area contributed by atoms with Crippen molar-refractivity contribution < 1.29 is 14.4 Å². The summed E-state index contributed by atoms with van der Waals surface area (Å²) in [5.74, 6) is -0.0600. The fourth-order valence-electron chi connectivity index (χ4n) is 2.79. The van der Waals surface area contributed by atoms with Crippen LogP contribution in [-0.2, 0) is 17.8 Å². The van der Waals surface area contributed by atoms with E-state index in [-0.39, 0.29) is 5.91 Å². The van der Waals surface area contributed by atoms with Crippen molar-refractivity contribution >= 4 is 17.5 Å². The summed E-state index contributed by atoms with van der Waals surface area (Å²) in [5.41, 5.74) is 2.96. The summed E-state index contributed by atoms with van der Waals surface area (Å²) >= 11 is 5.86. The van der Waals surface area contributed by atoms with Crippen LogP contribution in [0.3, 0.4) is 0 Å². The summed E-state index contributed by atoms with van der Waals surface area (Å²) < 4.78 is 5.38. The van der Waals surface area contributed by atoms with Gasteiger partial charge in [0.2, 0.25) is 0 Å². The zero-order valence-corrected chi connectivity index (χ0v) is 14.3. The van der Waals surface area contributed by atoms with E-state index in [0.717, 1.165) is 38.4 Å². The Hall–Kier alpha value is -1.88. The quantitative estimate of drug-likeness (QED) is 0.866. The molecule has 0 aromatic heterocycles. The number of morpholine rings is 1. The van der Waals surface area contributed by atoms with Gasteiger partial charge in [-0.2, -0.15) is 0 Å². The molecule has 0 unspecified atom stereocenters. The van der Waals surface area contributed by atoms with E-state index in [1.54, 1.807) is 0 Å². The molecule has 0 aliphatic carbocycles. The summed E-state index contributed by atoms with van der Waals surface area (Å²) in [6.45, 7) is 5.24. The summed E-state index contributed by atoms with van der Waals surface area (Å²) in [6.07, 6.45) is 0. The van der Waals surface area contributed by atoms with Crippen molar-refractivity contribution in [1.29, 1.82) is 0 Å². The number of rotatable bonds is 5. The highest BCUT2D eigenvalue weighted by Crippen LogP contribution is 2.10. The first-order valence-electron chi connectivity index (χ1n) is 8.23. The third kappa shape index (κ3) is 4.81. The summed E-state index contributed by atoms with van der Waals surface area (Å²) in [6, 6.07) is 15.4. The van der Waals surface area contributed by atoms with Crippen LogP contribution in [0.2, 0.25) is 5.02 Å². The maximum absolute atomic E-state index is 12.2. The molecule has 1 heterocycles. The lowest BCUT2D eigenvalue weighted by molar-refractivity contribution is -0.921. The molecule has 2 aromatic rings. The van der Waals surface area contributed by atoms with Gasteiger partial charge < -0.3 is 15.0 Å². The molecule has 126 valence electrons. The van der Waals surface area contributed by atoms with Gasteiger partial charge in [0.1, 0.15) is 19.6 Å². The summed E-state index contributed by atoms with van der Waals surface area (Å²) in [7, 11) is 0. The van der Waals surface area contributed by atoms with E-state index >= 15 is 0 Å². The summed E-state index contributed by atoms with van der Waals surface area (Å²) in [5, 5.41) is 3.63. The lowest BCUT2D eigenvalue weighted by atomic mass is 10.1. The second-order valence-corrected chi connectivity index (χ2v) is 6.48. The van der Waals surface area contributed by atoms with Crippen LogP contribution in [0.4, 0.5) is 0 Å². The zero-order valence-electron chi connectivity index (χ0n) is 13.6. The molecule has 1 amide bonds. The van der Waals surface area contributed by atoms with Crippen molar-refractivity contribution in [3.8, 4) is 0 Å². The molecule has 0 bridgehead atoms. The minimum atomic E-state index is -0.0600. The van der Waals surface area contributed by atoms with E-state index in [4.69, 9.17) is 16.3 Å². The number of nitrogens with one attached hydrogen (secondary N) is 2. The maximum Gasteiger partial charge on any atom is 0.251 e. The van der Waals surface area contributed by atoms with Gasteiger partial charge in [-0.25, -0.2) is 0 Å². The van der Waals surface area contributed by atoms with E-state index in [0.29, 0.717) is 17.1 Å². The van der Waals surface area contributed by atoms with Crippen molar-refractivity contribution in [2.45, 2.75) is 13.1 Å². The lowest BCUT2D eigenvalue weighted by Gasteiger charge is -2.23. The fraction of sp³-hybridized carbons (Fsp3) is 0.316. The van der Waals surface area contributed by atoms with Gasteiger partial charge >= 0.3 is 0 Å². The first kappa shape index (κ1) is 17.0. The van der Waals surface area contributed by atoms with Crippen LogP contribution in [0.5, 0.6) is 0 Å². The molecule has 5 heteroatoms. The Morgan fingerprint density at radius 1 is 1.00 bits per heavy atom. The minimum absolute atomic E-state index is 0.0600. The molecule has 1 aliphatic heterocycles. The highest BCUT2D eigenvalue weighted by atomic mass is 35.5. The van der Waals surface area contributed by atoms with E-state index < -0.39 is 0 Å². The number of quaternary nitrogens is 1. The Balaban J connectivity index is 1.52. The predicted molar refractivity (Wildman–Crippen MR) is 94.3 cm³/mol. The van der Waals surface area contributed by atoms with E-state index in [2.05, 4.69) is 5.32 Å². The van der Waals surface area contributed by atoms with Crippen LogP contribution < -0.4 is 10.2 Å². The van der Waals surface area contributed by atoms with Crippen molar-refractivity contribution in [2.24, 2.45) is 0 Å². The molecule has 0 spiro atoms. The molecule has 1 aliphatic rings. The molecule has 2 N–H and O–H groups in total. The molecular weight excluding hydrogens is 324 g/mol. The van der Waals surface area contributed by atoms with Crippen LogP contribution in [0.25, 0.3) is 0 Å². The normalized spacial score (nSPS) is 15.2. The minimum Gasteiger partial charge on any atom is -0.370 e. The second kappa shape index (κ2) is 8.29. The standard InChI is InChI=1S/C19H21ClN2O2/c20-18-7-3-15(4-8-18)13-21-19(23)17-5-1-16(2-6-17)14-22-9-11-24-12-10-22/h1-8H,9-14H2,(H,21,23)/p+1. The van der Waals surface area contributed by atoms with Gasteiger partial charge in [0, 0.05) is 22.7 Å². The number of carbonyl (C=O) groups excluding carboxylic acids is 1. The number of amides is 1. The number of ether oxygens (including phenoxy) is 1. The van der Waals surface area contributed by atoms with Gasteiger partial charge in [-0.1, -0.05) is 35.9 Å². The SMILES string of the molecule is O=C(NCc1ccc(Cl)cc1)c1ccc(C[NH+]2CCOCC2)cc1. The molecular formula is C19H22ClN2O2+. The molecule has 0 atom stereocenters. The van der Waals surface area contributed by atoms with Gasteiger partial charge in [0.25, 0.3) is 5.91 Å². The highest BCUT2D eigenvalue weighted by Gasteiger charge is 2.14. The molecule has 0 radical (unpaired) electrons. The largest absolute Gasteiger partial charge is 0.370 e. The Morgan fingerprint density at radius 3 is 2.29 bits per heavy atom. The Labute approximate surface area is 147 Å². The third-order valence-corrected chi connectivity index (χ3v) is 4.49. The average Bonchev–Trinajstić information content (AvgIpc) is 2.62. The zero-order chi connectivity index (χ0) is 16.8. The molecule has 0 saturated carbocycles. The number of benzene rings is 2. The van der Waals surface area contributed by atoms with E-state index in [1.807, 2.05) is 48.5 Å². The van der Waals surface area contributed by atoms with Crippen LogP contribution >= 0.6 is 11.6 Å². The second-order valence-electron chi connectivity index (χ2n) is 6.05. The number of hydrogen-bond acceptors (Lipinski definition) is 2. The van der Waals surface area contributed by atoms with Crippen molar-refractivity contribution in [1.82, 2.24) is 5.32 Å². The molecule has 2 aromatic carbocycles. The molecule has 4 nitrogen and oxygen atoms in total. The van der Waals surface area contributed by atoms with Crippen LogP contribution in [0.1, 0.15) is 21.5 Å². The Bertz CT molecular complexity index is 665. The average molecular weight is 346 g/mol. The predicted octanol–water partition coefficient (Wildman–Crippen LogP) is 1.69. The van der Waals surface area contributed by atoms with Crippen LogP contribution in [0.15, 0.2) is 48.5 Å². The maximum atomic E-state index is 12.2. The topological polar surface area (TPSA) is 42.8 Å². The fourth-order valence-corrected chi connectivity index (χ4v) is 2.91. The van der Waals surface area contributed by atoms with E-state index in [1.165, 1.54) is 10.5 Å². The Morgan fingerprint density at radius 2 is 1.62 bits per heavy atom. The Kier molecular flexibility index (Phi) is 5.86. The number of carbonyl (C=O) groups is 1. The molecule has 1 saturated heterocycles. The molecule has 3 rings (SSSR count).